The molecule has 0 radical (unpaired) electrons. The van der Waals surface area contributed by atoms with E-state index in [1.54, 1.807) is 0 Å². The van der Waals surface area contributed by atoms with Gasteiger partial charge in [0.1, 0.15) is 13.2 Å². The molecule has 0 aliphatic heterocycles. The summed E-state index contributed by atoms with van der Waals surface area (Å²) in [4.78, 5) is 37.2. The van der Waals surface area contributed by atoms with Crippen molar-refractivity contribution < 1.29 is 42.9 Å². The SMILES string of the molecule is CCCCCC/C=C\CCCCCCCC(=O)OC(COC(=O)CCCCCCCCCCCCCCCCCCCCCCCCCCCCCCCCCCC)COC(OCC[N+](C)(C)C)C(=O)[O-]. The van der Waals surface area contributed by atoms with Crippen LogP contribution in [-0.4, -0.2) is 82.3 Å². The predicted octanol–water partition coefficient (Wildman–Crippen LogP) is 16.8. The molecule has 0 heterocycles. The summed E-state index contributed by atoms with van der Waals surface area (Å²) in [5.41, 5.74) is 0. The molecule has 71 heavy (non-hydrogen) atoms. The number of carboxylic acid groups (broad SMARTS) is 1. The summed E-state index contributed by atoms with van der Waals surface area (Å²) in [5.74, 6) is -2.27. The molecule has 2 atom stereocenters. The highest BCUT2D eigenvalue weighted by Crippen LogP contribution is 2.18. The average molecular weight is 1010 g/mol. The third-order valence-electron chi connectivity index (χ3n) is 14.0. The van der Waals surface area contributed by atoms with Crippen molar-refractivity contribution in [2.75, 3.05) is 47.5 Å². The molecule has 420 valence electrons. The van der Waals surface area contributed by atoms with E-state index in [-0.39, 0.29) is 32.2 Å². The lowest BCUT2D eigenvalue weighted by molar-refractivity contribution is -0.870. The van der Waals surface area contributed by atoms with Gasteiger partial charge in [0, 0.05) is 12.8 Å². The molecular formula is C62H119NO8. The Morgan fingerprint density at radius 2 is 0.718 bits per heavy atom. The monoisotopic (exact) mass is 1010 g/mol. The lowest BCUT2D eigenvalue weighted by Gasteiger charge is -2.26. The fourth-order valence-electron chi connectivity index (χ4n) is 9.24. The van der Waals surface area contributed by atoms with E-state index in [9.17, 15) is 19.5 Å². The predicted molar refractivity (Wildman–Crippen MR) is 297 cm³/mol. The number of carboxylic acids is 1. The van der Waals surface area contributed by atoms with Gasteiger partial charge < -0.3 is 33.3 Å². The number of nitrogens with zero attached hydrogens (tertiary/aromatic N) is 1. The second kappa shape index (κ2) is 54.3. The van der Waals surface area contributed by atoms with Crippen molar-refractivity contribution in [3.63, 3.8) is 0 Å². The lowest BCUT2D eigenvalue weighted by Crippen LogP contribution is -2.44. The standard InChI is InChI=1S/C62H119NO8/c1-6-8-10-12-14-16-18-20-21-22-23-24-25-26-27-28-29-30-31-32-33-34-35-36-37-38-39-41-42-44-46-48-50-52-59(64)69-56-58(57-70-62(61(66)67)68-55-54-63(3,4)5)71-60(65)53-51-49-47-45-43-40-19-17-15-13-11-9-7-2/h17,19,58,62H,6-16,18,20-57H2,1-5H3/b19-17-. The number of allylic oxidation sites excluding steroid dienone is 2. The quantitative estimate of drug-likeness (QED) is 0.0195. The van der Waals surface area contributed by atoms with Gasteiger partial charge in [-0.1, -0.05) is 270 Å². The molecule has 0 fully saturated rings. The van der Waals surface area contributed by atoms with Crippen LogP contribution < -0.4 is 5.11 Å². The number of aliphatic carboxylic acids is 1. The second-order valence-corrected chi connectivity index (χ2v) is 22.4. The smallest absolute Gasteiger partial charge is 0.306 e. The zero-order valence-electron chi connectivity index (χ0n) is 47.9. The van der Waals surface area contributed by atoms with Crippen LogP contribution in [-0.2, 0) is 33.3 Å². The van der Waals surface area contributed by atoms with E-state index in [2.05, 4.69) is 26.0 Å². The Labute approximate surface area is 440 Å². The molecule has 0 aromatic carbocycles. The van der Waals surface area contributed by atoms with Crippen molar-refractivity contribution in [1.29, 1.82) is 0 Å². The fourth-order valence-corrected chi connectivity index (χ4v) is 9.24. The van der Waals surface area contributed by atoms with Crippen LogP contribution in [0.5, 0.6) is 0 Å². The van der Waals surface area contributed by atoms with E-state index in [0.717, 1.165) is 51.4 Å². The molecule has 0 aromatic rings. The minimum absolute atomic E-state index is 0.149. The third kappa shape index (κ3) is 55.6. The number of unbranched alkanes of at least 4 members (excludes halogenated alkanes) is 41. The van der Waals surface area contributed by atoms with E-state index in [1.807, 2.05) is 21.1 Å². The van der Waals surface area contributed by atoms with Crippen molar-refractivity contribution in [3.05, 3.63) is 12.2 Å². The summed E-state index contributed by atoms with van der Waals surface area (Å²) in [6.07, 6.45) is 60.1. The first-order chi connectivity index (χ1) is 34.6. The van der Waals surface area contributed by atoms with Crippen molar-refractivity contribution in [1.82, 2.24) is 0 Å². The van der Waals surface area contributed by atoms with Gasteiger partial charge >= 0.3 is 11.9 Å². The zero-order chi connectivity index (χ0) is 52.0. The number of ether oxygens (including phenoxy) is 4. The second-order valence-electron chi connectivity index (χ2n) is 22.4. The Balaban J connectivity index is 3.97. The molecule has 0 rings (SSSR count). The Bertz CT molecular complexity index is 1170. The van der Waals surface area contributed by atoms with Crippen LogP contribution in [0.25, 0.3) is 0 Å². The number of quaternary nitrogens is 1. The van der Waals surface area contributed by atoms with E-state index >= 15 is 0 Å². The minimum atomic E-state index is -1.62. The first kappa shape index (κ1) is 69.0. The third-order valence-corrected chi connectivity index (χ3v) is 14.0. The van der Waals surface area contributed by atoms with Gasteiger partial charge in [0.15, 0.2) is 12.4 Å². The van der Waals surface area contributed by atoms with Gasteiger partial charge in [-0.25, -0.2) is 0 Å². The molecule has 0 saturated heterocycles. The summed E-state index contributed by atoms with van der Waals surface area (Å²) in [6.45, 7) is 4.77. The average Bonchev–Trinajstić information content (AvgIpc) is 3.34. The van der Waals surface area contributed by atoms with Crippen LogP contribution >= 0.6 is 0 Å². The molecule has 0 amide bonds. The van der Waals surface area contributed by atoms with Crippen LogP contribution in [0.3, 0.4) is 0 Å². The first-order valence-electron chi connectivity index (χ1n) is 30.8. The van der Waals surface area contributed by atoms with Gasteiger partial charge in [-0.3, -0.25) is 9.59 Å². The highest BCUT2D eigenvalue weighted by Gasteiger charge is 2.22. The maximum absolute atomic E-state index is 12.8. The Kier molecular flexibility index (Phi) is 52.8. The van der Waals surface area contributed by atoms with E-state index in [1.165, 1.54) is 225 Å². The van der Waals surface area contributed by atoms with Gasteiger partial charge in [0.2, 0.25) is 0 Å². The summed E-state index contributed by atoms with van der Waals surface area (Å²) in [6, 6.07) is 0. The van der Waals surface area contributed by atoms with Crippen LogP contribution in [0.4, 0.5) is 0 Å². The summed E-state index contributed by atoms with van der Waals surface area (Å²) < 4.78 is 22.7. The van der Waals surface area contributed by atoms with Gasteiger partial charge in [0.25, 0.3) is 0 Å². The van der Waals surface area contributed by atoms with Gasteiger partial charge in [-0.05, 0) is 38.5 Å². The summed E-state index contributed by atoms with van der Waals surface area (Å²) in [7, 11) is 5.93. The van der Waals surface area contributed by atoms with Crippen molar-refractivity contribution in [2.45, 2.75) is 322 Å². The molecule has 0 spiro atoms. The number of likely N-dealkylation sites (N-methyl/N-ethyl adjacent to an activating group) is 1. The van der Waals surface area contributed by atoms with Crippen molar-refractivity contribution >= 4 is 17.9 Å². The first-order valence-corrected chi connectivity index (χ1v) is 30.8. The van der Waals surface area contributed by atoms with Crippen LogP contribution in [0.1, 0.15) is 309 Å². The molecule has 0 aliphatic rings. The van der Waals surface area contributed by atoms with Gasteiger partial charge in [-0.2, -0.15) is 0 Å². The van der Waals surface area contributed by atoms with E-state index in [4.69, 9.17) is 18.9 Å². The fraction of sp³-hybridized carbons (Fsp3) is 0.919. The lowest BCUT2D eigenvalue weighted by atomic mass is 10.0. The maximum atomic E-state index is 12.8. The largest absolute Gasteiger partial charge is 0.545 e. The topological polar surface area (TPSA) is 111 Å². The Morgan fingerprint density at radius 1 is 0.408 bits per heavy atom. The molecule has 0 bridgehead atoms. The summed E-state index contributed by atoms with van der Waals surface area (Å²) >= 11 is 0. The number of carbonyl (C=O) groups is 3. The van der Waals surface area contributed by atoms with Crippen LogP contribution in [0, 0.1) is 0 Å². The van der Waals surface area contributed by atoms with Crippen molar-refractivity contribution in [2.24, 2.45) is 0 Å². The number of rotatable bonds is 58. The molecular weight excluding hydrogens is 887 g/mol. The highest BCUT2D eigenvalue weighted by atomic mass is 16.7. The van der Waals surface area contributed by atoms with Crippen LogP contribution in [0.15, 0.2) is 12.2 Å². The van der Waals surface area contributed by atoms with Gasteiger partial charge in [0.05, 0.1) is 40.3 Å². The Morgan fingerprint density at radius 3 is 1.06 bits per heavy atom. The molecule has 9 nitrogen and oxygen atoms in total. The number of esters is 2. The molecule has 9 heteroatoms. The molecule has 0 aliphatic carbocycles. The number of hydrogen-bond donors (Lipinski definition) is 0. The van der Waals surface area contributed by atoms with Crippen LogP contribution in [0.2, 0.25) is 0 Å². The maximum Gasteiger partial charge on any atom is 0.306 e. The minimum Gasteiger partial charge on any atom is -0.545 e. The Hall–Kier alpha value is -1.97. The number of hydrogen-bond acceptors (Lipinski definition) is 8. The molecule has 0 aromatic heterocycles. The van der Waals surface area contributed by atoms with Gasteiger partial charge in [-0.15, -0.1) is 0 Å². The van der Waals surface area contributed by atoms with E-state index < -0.39 is 24.3 Å². The van der Waals surface area contributed by atoms with E-state index in [0.29, 0.717) is 23.9 Å². The summed E-state index contributed by atoms with van der Waals surface area (Å²) in [5, 5.41) is 11.7. The van der Waals surface area contributed by atoms with Crippen molar-refractivity contribution in [3.8, 4) is 0 Å². The normalized spacial score (nSPS) is 12.7. The zero-order valence-corrected chi connectivity index (χ0v) is 47.9. The number of carbonyl (C=O) groups excluding carboxylic acids is 3. The molecule has 0 saturated carbocycles. The molecule has 0 N–H and O–H groups in total. The highest BCUT2D eigenvalue weighted by molar-refractivity contribution is 5.70. The molecule has 2 unspecified atom stereocenters.